The molecule has 0 aromatic carbocycles. The fourth-order valence-electron chi connectivity index (χ4n) is 2.42. The highest BCUT2D eigenvalue weighted by Crippen LogP contribution is 2.44. The number of phosphoric ester groups is 1. The number of rotatable bonds is 9. The maximum absolute atomic E-state index is 11.8. The molecule has 10 nitrogen and oxygen atoms in total. The molecule has 1 aliphatic rings. The summed E-state index contributed by atoms with van der Waals surface area (Å²) in [5, 5.41) is 10.0. The molecule has 0 radical (unpaired) electrons. The Labute approximate surface area is 145 Å². The van der Waals surface area contributed by atoms with Gasteiger partial charge in [0.1, 0.15) is 18.1 Å². The summed E-state index contributed by atoms with van der Waals surface area (Å²) in [5.74, 6) is 0.0844. The van der Waals surface area contributed by atoms with E-state index in [0.717, 1.165) is 12.8 Å². The lowest BCUT2D eigenvalue weighted by atomic mass is 10.2. The first kappa shape index (κ1) is 20.0. The topological polar surface area (TPSA) is 146 Å². The Hall–Kier alpha value is -1.29. The van der Waals surface area contributed by atoms with Gasteiger partial charge in [-0.05, 0) is 12.5 Å². The molecule has 0 bridgehead atoms. The first-order valence-electron chi connectivity index (χ1n) is 8.12. The molecule has 1 aromatic heterocycles. The molecule has 142 valence electrons. The standard InChI is InChI=1S/C14H24N3O7P/c1-2-3-4-7-22-25(20,21)23-9-11-10(18)8-13(24-11)17-6-5-12(15)16-14(17)19/h5-6,10-11,13,18H,2-4,7-9H2,1H3,(H,20,21)(H2,15,16,19)/t10-,11+,13+/m0/s1. The summed E-state index contributed by atoms with van der Waals surface area (Å²) in [4.78, 5) is 25.0. The zero-order valence-electron chi connectivity index (χ0n) is 14.0. The molecule has 1 saturated heterocycles. The van der Waals surface area contributed by atoms with Crippen LogP contribution in [0.15, 0.2) is 17.1 Å². The minimum absolute atomic E-state index is 0.0844. The average molecular weight is 377 g/mol. The molecule has 11 heteroatoms. The summed E-state index contributed by atoms with van der Waals surface area (Å²) < 4.78 is 28.2. The first-order chi connectivity index (χ1) is 11.8. The lowest BCUT2D eigenvalue weighted by Gasteiger charge is -2.18. The minimum Gasteiger partial charge on any atom is -0.390 e. The minimum atomic E-state index is -4.21. The summed E-state index contributed by atoms with van der Waals surface area (Å²) in [6, 6.07) is 1.44. The Bertz CT molecular complexity index is 668. The number of unbranched alkanes of at least 4 members (excludes halogenated alkanes) is 2. The van der Waals surface area contributed by atoms with Crippen molar-refractivity contribution in [1.82, 2.24) is 9.55 Å². The van der Waals surface area contributed by atoms with E-state index in [1.165, 1.54) is 16.8 Å². The molecule has 1 unspecified atom stereocenters. The zero-order chi connectivity index (χ0) is 18.4. The lowest BCUT2D eigenvalue weighted by Crippen LogP contribution is -2.28. The molecule has 0 amide bonds. The molecule has 4 N–H and O–H groups in total. The van der Waals surface area contributed by atoms with Crippen LogP contribution in [-0.2, 0) is 18.3 Å². The van der Waals surface area contributed by atoms with Crippen molar-refractivity contribution in [3.8, 4) is 0 Å². The number of aromatic nitrogens is 2. The van der Waals surface area contributed by atoms with E-state index in [-0.39, 0.29) is 25.5 Å². The van der Waals surface area contributed by atoms with Crippen molar-refractivity contribution < 1.29 is 28.3 Å². The zero-order valence-corrected chi connectivity index (χ0v) is 14.9. The van der Waals surface area contributed by atoms with Crippen LogP contribution in [0.25, 0.3) is 0 Å². The Morgan fingerprint density at radius 2 is 2.24 bits per heavy atom. The second kappa shape index (κ2) is 8.88. The van der Waals surface area contributed by atoms with E-state index in [1.807, 2.05) is 6.92 Å². The van der Waals surface area contributed by atoms with Crippen LogP contribution >= 0.6 is 7.82 Å². The van der Waals surface area contributed by atoms with Gasteiger partial charge in [-0.3, -0.25) is 13.6 Å². The predicted octanol–water partition coefficient (Wildman–Crippen LogP) is 0.798. The number of nitrogen functional groups attached to an aromatic ring is 1. The fraction of sp³-hybridized carbons (Fsp3) is 0.714. The molecular formula is C14H24N3O7P. The number of phosphoric acid groups is 1. The van der Waals surface area contributed by atoms with Crippen molar-refractivity contribution >= 4 is 13.6 Å². The number of aliphatic hydroxyl groups excluding tert-OH is 1. The summed E-state index contributed by atoms with van der Waals surface area (Å²) in [6.45, 7) is 1.79. The average Bonchev–Trinajstić information content (AvgIpc) is 2.90. The second-order valence-electron chi connectivity index (χ2n) is 5.78. The van der Waals surface area contributed by atoms with Gasteiger partial charge in [-0.15, -0.1) is 0 Å². The number of nitrogens with zero attached hydrogens (tertiary/aromatic N) is 2. The van der Waals surface area contributed by atoms with E-state index in [4.69, 9.17) is 19.5 Å². The summed E-state index contributed by atoms with van der Waals surface area (Å²) in [7, 11) is -4.21. The van der Waals surface area contributed by atoms with E-state index < -0.39 is 31.9 Å². The predicted molar refractivity (Wildman–Crippen MR) is 88.7 cm³/mol. The van der Waals surface area contributed by atoms with Gasteiger partial charge in [0.05, 0.1) is 19.3 Å². The van der Waals surface area contributed by atoms with E-state index in [2.05, 4.69) is 4.98 Å². The van der Waals surface area contributed by atoms with Gasteiger partial charge in [-0.2, -0.15) is 4.98 Å². The number of anilines is 1. The van der Waals surface area contributed by atoms with Gasteiger partial charge >= 0.3 is 13.5 Å². The van der Waals surface area contributed by atoms with Crippen molar-refractivity contribution in [2.24, 2.45) is 0 Å². The molecule has 2 rings (SSSR count). The van der Waals surface area contributed by atoms with Crippen molar-refractivity contribution in [3.63, 3.8) is 0 Å². The van der Waals surface area contributed by atoms with E-state index in [1.54, 1.807) is 0 Å². The summed E-state index contributed by atoms with van der Waals surface area (Å²) in [6.07, 6.45) is 1.45. The lowest BCUT2D eigenvalue weighted by molar-refractivity contribution is -0.0464. The third-order valence-corrected chi connectivity index (χ3v) is 4.75. The van der Waals surface area contributed by atoms with E-state index in [0.29, 0.717) is 6.42 Å². The van der Waals surface area contributed by atoms with Crippen LogP contribution in [0.2, 0.25) is 0 Å². The van der Waals surface area contributed by atoms with E-state index in [9.17, 15) is 19.4 Å². The van der Waals surface area contributed by atoms with Crippen molar-refractivity contribution in [2.75, 3.05) is 18.9 Å². The third kappa shape index (κ3) is 5.88. The van der Waals surface area contributed by atoms with Crippen LogP contribution in [0, 0.1) is 0 Å². The quantitative estimate of drug-likeness (QED) is 0.420. The van der Waals surface area contributed by atoms with Gasteiger partial charge in [0.2, 0.25) is 0 Å². The number of hydrogen-bond donors (Lipinski definition) is 3. The molecule has 1 fully saturated rings. The van der Waals surface area contributed by atoms with Crippen molar-refractivity contribution in [2.45, 2.75) is 51.0 Å². The van der Waals surface area contributed by atoms with Crippen LogP contribution in [-0.4, -0.2) is 45.0 Å². The Morgan fingerprint density at radius 3 is 2.92 bits per heavy atom. The monoisotopic (exact) mass is 377 g/mol. The molecular weight excluding hydrogens is 353 g/mol. The van der Waals surface area contributed by atoms with Crippen LogP contribution < -0.4 is 11.4 Å². The number of ether oxygens (including phenoxy) is 1. The van der Waals surface area contributed by atoms with Crippen LogP contribution in [0.3, 0.4) is 0 Å². The molecule has 25 heavy (non-hydrogen) atoms. The molecule has 0 aliphatic carbocycles. The summed E-state index contributed by atoms with van der Waals surface area (Å²) >= 11 is 0. The van der Waals surface area contributed by atoms with Gasteiger partial charge in [-0.25, -0.2) is 9.36 Å². The third-order valence-electron chi connectivity index (χ3n) is 3.77. The SMILES string of the molecule is CCCCCOP(=O)(O)OC[C@H]1O[C@@H](n2ccc(N)nc2=O)C[C@@H]1O. The highest BCUT2D eigenvalue weighted by atomic mass is 31.2. The normalized spacial score (nSPS) is 25.8. The Kier molecular flexibility index (Phi) is 7.12. The Morgan fingerprint density at radius 1 is 1.48 bits per heavy atom. The Balaban J connectivity index is 1.87. The van der Waals surface area contributed by atoms with Crippen LogP contribution in [0.5, 0.6) is 0 Å². The molecule has 1 aromatic rings. The molecule has 4 atom stereocenters. The number of hydrogen-bond acceptors (Lipinski definition) is 8. The fourth-order valence-corrected chi connectivity index (χ4v) is 3.19. The van der Waals surface area contributed by atoms with Gasteiger partial charge in [0.15, 0.2) is 0 Å². The maximum atomic E-state index is 11.8. The number of aliphatic hydroxyl groups is 1. The highest BCUT2D eigenvalue weighted by Gasteiger charge is 2.37. The smallest absolute Gasteiger partial charge is 0.390 e. The van der Waals surface area contributed by atoms with E-state index >= 15 is 0 Å². The van der Waals surface area contributed by atoms with Crippen molar-refractivity contribution in [3.05, 3.63) is 22.7 Å². The molecule has 0 spiro atoms. The van der Waals surface area contributed by atoms with Gasteiger partial charge in [0, 0.05) is 12.6 Å². The van der Waals surface area contributed by atoms with Gasteiger partial charge in [-0.1, -0.05) is 19.8 Å². The van der Waals surface area contributed by atoms with Gasteiger partial charge in [0.25, 0.3) is 0 Å². The first-order valence-corrected chi connectivity index (χ1v) is 9.62. The van der Waals surface area contributed by atoms with Gasteiger partial charge < -0.3 is 20.5 Å². The molecule has 1 aliphatic heterocycles. The maximum Gasteiger partial charge on any atom is 0.472 e. The molecule has 0 saturated carbocycles. The second-order valence-corrected chi connectivity index (χ2v) is 7.23. The largest absolute Gasteiger partial charge is 0.472 e. The highest BCUT2D eigenvalue weighted by molar-refractivity contribution is 7.47. The van der Waals surface area contributed by atoms with Crippen LogP contribution in [0.1, 0.15) is 38.8 Å². The van der Waals surface area contributed by atoms with Crippen molar-refractivity contribution in [1.29, 1.82) is 0 Å². The summed E-state index contributed by atoms with van der Waals surface area (Å²) in [5.41, 5.74) is 4.82. The number of nitrogens with two attached hydrogens (primary N) is 1. The molecule has 2 heterocycles. The van der Waals surface area contributed by atoms with Crippen LogP contribution in [0.4, 0.5) is 5.82 Å².